The van der Waals surface area contributed by atoms with E-state index in [0.717, 1.165) is 32.0 Å². The fourth-order valence-corrected chi connectivity index (χ4v) is 2.28. The van der Waals surface area contributed by atoms with Crippen molar-refractivity contribution in [1.82, 2.24) is 9.88 Å². The Morgan fingerprint density at radius 3 is 2.58 bits per heavy atom. The van der Waals surface area contributed by atoms with Crippen molar-refractivity contribution in [3.8, 4) is 0 Å². The van der Waals surface area contributed by atoms with Crippen LogP contribution in [0.4, 0.5) is 5.82 Å². The van der Waals surface area contributed by atoms with Crippen LogP contribution in [0.3, 0.4) is 0 Å². The first-order valence-electron chi connectivity index (χ1n) is 6.40. The number of hydrogen-bond acceptors (Lipinski definition) is 5. The third-order valence-corrected chi connectivity index (χ3v) is 3.30. The highest BCUT2D eigenvalue weighted by Gasteiger charge is 2.18. The summed E-state index contributed by atoms with van der Waals surface area (Å²) < 4.78 is 0. The van der Waals surface area contributed by atoms with E-state index in [1.807, 2.05) is 0 Å². The van der Waals surface area contributed by atoms with Gasteiger partial charge in [-0.1, -0.05) is 0 Å². The highest BCUT2D eigenvalue weighted by Crippen LogP contribution is 2.17. The van der Waals surface area contributed by atoms with Crippen molar-refractivity contribution in [1.29, 1.82) is 0 Å². The molecule has 0 amide bonds. The van der Waals surface area contributed by atoms with Crippen LogP contribution < -0.4 is 4.90 Å². The standard InChI is InChI=1S/C13H19N3O3/c1-10-8-11(13(18)19)9-12(14-10)16-4-2-15(3-5-16)6-7-17/h8-9,17H,2-7H2,1H3,(H,18,19). The number of aliphatic hydroxyl groups excluding tert-OH is 1. The Kier molecular flexibility index (Phi) is 4.34. The molecule has 0 spiro atoms. The van der Waals surface area contributed by atoms with Crippen LogP contribution >= 0.6 is 0 Å². The van der Waals surface area contributed by atoms with Gasteiger partial charge in [0.1, 0.15) is 5.82 Å². The summed E-state index contributed by atoms with van der Waals surface area (Å²) in [7, 11) is 0. The SMILES string of the molecule is Cc1cc(C(=O)O)cc(N2CCN(CCO)CC2)n1. The lowest BCUT2D eigenvalue weighted by Gasteiger charge is -2.35. The summed E-state index contributed by atoms with van der Waals surface area (Å²) in [6.45, 7) is 5.99. The van der Waals surface area contributed by atoms with Gasteiger partial charge in [-0.25, -0.2) is 9.78 Å². The van der Waals surface area contributed by atoms with Gasteiger partial charge in [0, 0.05) is 38.4 Å². The molecule has 1 aromatic heterocycles. The molecule has 1 aromatic rings. The molecule has 2 N–H and O–H groups in total. The van der Waals surface area contributed by atoms with Crippen molar-refractivity contribution in [2.45, 2.75) is 6.92 Å². The minimum absolute atomic E-state index is 0.172. The number of rotatable bonds is 4. The number of nitrogens with zero attached hydrogens (tertiary/aromatic N) is 3. The number of carbonyl (C=O) groups is 1. The number of carboxylic acid groups (broad SMARTS) is 1. The van der Waals surface area contributed by atoms with Gasteiger partial charge in [0.25, 0.3) is 0 Å². The molecule has 0 atom stereocenters. The second kappa shape index (κ2) is 5.99. The monoisotopic (exact) mass is 265 g/mol. The smallest absolute Gasteiger partial charge is 0.335 e. The molecule has 2 rings (SSSR count). The Labute approximate surface area is 112 Å². The number of hydrogen-bond donors (Lipinski definition) is 2. The molecular weight excluding hydrogens is 246 g/mol. The molecule has 0 radical (unpaired) electrons. The lowest BCUT2D eigenvalue weighted by Crippen LogP contribution is -2.47. The summed E-state index contributed by atoms with van der Waals surface area (Å²) in [5.74, 6) is -0.202. The van der Waals surface area contributed by atoms with E-state index < -0.39 is 5.97 Å². The maximum absolute atomic E-state index is 11.0. The number of carboxylic acids is 1. The molecule has 1 aliphatic heterocycles. The van der Waals surface area contributed by atoms with Crippen molar-refractivity contribution >= 4 is 11.8 Å². The van der Waals surface area contributed by atoms with E-state index in [-0.39, 0.29) is 12.2 Å². The van der Waals surface area contributed by atoms with Crippen LogP contribution in [-0.2, 0) is 0 Å². The van der Waals surface area contributed by atoms with Crippen LogP contribution in [0.2, 0.25) is 0 Å². The van der Waals surface area contributed by atoms with E-state index >= 15 is 0 Å². The number of piperazine rings is 1. The van der Waals surface area contributed by atoms with Crippen LogP contribution in [0.1, 0.15) is 16.1 Å². The van der Waals surface area contributed by atoms with E-state index in [4.69, 9.17) is 10.2 Å². The molecule has 19 heavy (non-hydrogen) atoms. The Balaban J connectivity index is 2.09. The lowest BCUT2D eigenvalue weighted by atomic mass is 10.2. The van der Waals surface area contributed by atoms with Gasteiger partial charge in [-0.2, -0.15) is 0 Å². The molecule has 0 aliphatic carbocycles. The minimum atomic E-state index is -0.925. The van der Waals surface area contributed by atoms with Crippen molar-refractivity contribution in [3.63, 3.8) is 0 Å². The summed E-state index contributed by atoms with van der Waals surface area (Å²) in [5, 5.41) is 18.0. The van der Waals surface area contributed by atoms with Gasteiger partial charge >= 0.3 is 5.97 Å². The topological polar surface area (TPSA) is 76.9 Å². The summed E-state index contributed by atoms with van der Waals surface area (Å²) in [6, 6.07) is 3.20. The number of aromatic carboxylic acids is 1. The predicted molar refractivity (Wildman–Crippen MR) is 71.7 cm³/mol. The first-order valence-corrected chi connectivity index (χ1v) is 6.40. The van der Waals surface area contributed by atoms with Crippen molar-refractivity contribution < 1.29 is 15.0 Å². The first kappa shape index (κ1) is 13.8. The zero-order chi connectivity index (χ0) is 13.8. The maximum Gasteiger partial charge on any atom is 0.335 e. The van der Waals surface area contributed by atoms with Crippen LogP contribution in [0.15, 0.2) is 12.1 Å². The lowest BCUT2D eigenvalue weighted by molar-refractivity contribution is 0.0696. The fourth-order valence-electron chi connectivity index (χ4n) is 2.28. The Morgan fingerprint density at radius 1 is 1.32 bits per heavy atom. The second-order valence-corrected chi connectivity index (χ2v) is 4.71. The number of aryl methyl sites for hydroxylation is 1. The average molecular weight is 265 g/mol. The number of aromatic nitrogens is 1. The summed E-state index contributed by atoms with van der Waals surface area (Å²) >= 11 is 0. The highest BCUT2D eigenvalue weighted by molar-refractivity contribution is 5.88. The molecule has 0 unspecified atom stereocenters. The molecule has 0 aromatic carbocycles. The highest BCUT2D eigenvalue weighted by atomic mass is 16.4. The molecule has 2 heterocycles. The third-order valence-electron chi connectivity index (χ3n) is 3.30. The van der Waals surface area contributed by atoms with Gasteiger partial charge < -0.3 is 15.1 Å². The molecule has 6 heteroatoms. The molecule has 104 valence electrons. The molecule has 0 bridgehead atoms. The molecule has 1 aliphatic rings. The van der Waals surface area contributed by atoms with Crippen molar-refractivity contribution in [3.05, 3.63) is 23.4 Å². The van der Waals surface area contributed by atoms with Gasteiger partial charge in [-0.3, -0.25) is 4.90 Å². The largest absolute Gasteiger partial charge is 0.478 e. The third kappa shape index (κ3) is 3.42. The Hall–Kier alpha value is -1.66. The van der Waals surface area contributed by atoms with Crippen LogP contribution in [0, 0.1) is 6.92 Å². The van der Waals surface area contributed by atoms with Crippen LogP contribution in [0.25, 0.3) is 0 Å². The van der Waals surface area contributed by atoms with Gasteiger partial charge in [-0.05, 0) is 19.1 Å². The van der Waals surface area contributed by atoms with Gasteiger partial charge in [0.05, 0.1) is 12.2 Å². The number of β-amino-alcohol motifs (C(OH)–C–C–N with tert-alkyl or cyclic N) is 1. The van der Waals surface area contributed by atoms with Gasteiger partial charge in [0.2, 0.25) is 0 Å². The number of aliphatic hydroxyl groups is 1. The maximum atomic E-state index is 11.0. The summed E-state index contributed by atoms with van der Waals surface area (Å²) in [6.07, 6.45) is 0. The quantitative estimate of drug-likeness (QED) is 0.810. The van der Waals surface area contributed by atoms with E-state index in [2.05, 4.69) is 14.8 Å². The van der Waals surface area contributed by atoms with E-state index in [1.165, 1.54) is 0 Å². The fraction of sp³-hybridized carbons (Fsp3) is 0.538. The summed E-state index contributed by atoms with van der Waals surface area (Å²) in [4.78, 5) is 19.7. The van der Waals surface area contributed by atoms with E-state index in [1.54, 1.807) is 19.1 Å². The zero-order valence-corrected chi connectivity index (χ0v) is 11.0. The number of pyridine rings is 1. The Bertz CT molecular complexity index is 456. The molecule has 1 saturated heterocycles. The Morgan fingerprint density at radius 2 is 2.00 bits per heavy atom. The van der Waals surface area contributed by atoms with E-state index in [9.17, 15) is 4.79 Å². The van der Waals surface area contributed by atoms with Gasteiger partial charge in [0.15, 0.2) is 0 Å². The molecular formula is C13H19N3O3. The second-order valence-electron chi connectivity index (χ2n) is 4.71. The van der Waals surface area contributed by atoms with E-state index in [0.29, 0.717) is 12.2 Å². The van der Waals surface area contributed by atoms with Crippen molar-refractivity contribution in [2.75, 3.05) is 44.2 Å². The minimum Gasteiger partial charge on any atom is -0.478 e. The summed E-state index contributed by atoms with van der Waals surface area (Å²) in [5.41, 5.74) is 0.993. The normalized spacial score (nSPS) is 16.6. The predicted octanol–water partition coefficient (Wildman–Crippen LogP) is 0.203. The van der Waals surface area contributed by atoms with Crippen LogP contribution in [-0.4, -0.2) is 65.4 Å². The first-order chi connectivity index (χ1) is 9.10. The zero-order valence-electron chi connectivity index (χ0n) is 11.0. The van der Waals surface area contributed by atoms with Crippen molar-refractivity contribution in [2.24, 2.45) is 0 Å². The van der Waals surface area contributed by atoms with Gasteiger partial charge in [-0.15, -0.1) is 0 Å². The van der Waals surface area contributed by atoms with Crippen LogP contribution in [0.5, 0.6) is 0 Å². The molecule has 1 fully saturated rings. The average Bonchev–Trinajstić information content (AvgIpc) is 2.39. The number of anilines is 1. The molecule has 0 saturated carbocycles. The molecule has 6 nitrogen and oxygen atoms in total.